The van der Waals surface area contributed by atoms with Gasteiger partial charge in [-0.3, -0.25) is 4.79 Å². The minimum Gasteiger partial charge on any atom is -0.481 e. The maximum Gasteiger partial charge on any atom is 0.338 e. The second-order valence-electron chi connectivity index (χ2n) is 6.46. The maximum atomic E-state index is 12.5. The van der Waals surface area contributed by atoms with Gasteiger partial charge < -0.3 is 19.2 Å². The van der Waals surface area contributed by atoms with Crippen molar-refractivity contribution in [1.29, 1.82) is 0 Å². The van der Waals surface area contributed by atoms with Crippen molar-refractivity contribution >= 4 is 28.5 Å². The summed E-state index contributed by atoms with van der Waals surface area (Å²) >= 11 is 0. The summed E-state index contributed by atoms with van der Waals surface area (Å²) in [5.41, 5.74) is 1.55. The number of fused-ring (bicyclic) bond motifs is 1. The number of hydrogen-bond donors (Lipinski definition) is 1. The Morgan fingerprint density at radius 1 is 1.14 bits per heavy atom. The van der Waals surface area contributed by atoms with E-state index in [2.05, 4.69) is 5.32 Å². The highest BCUT2D eigenvalue weighted by Crippen LogP contribution is 2.23. The predicted octanol–water partition coefficient (Wildman–Crippen LogP) is 3.68. The van der Waals surface area contributed by atoms with Crippen LogP contribution < -0.4 is 15.7 Å². The first-order chi connectivity index (χ1) is 13.9. The summed E-state index contributed by atoms with van der Waals surface area (Å²) < 4.78 is 15.8. The first-order valence-corrected chi connectivity index (χ1v) is 9.16. The standard InChI is InChI=1S/C22H21NO6/c1-4-27-22(26)15-6-5-7-16(11-15)23-21(25)14(3)28-17-8-9-18-13(2)10-20(24)29-19(18)12-17/h5-12,14H,4H2,1-3H3,(H,23,25). The van der Waals surface area contributed by atoms with Gasteiger partial charge in [-0.05, 0) is 56.7 Å². The molecule has 150 valence electrons. The molecule has 3 aromatic rings. The third-order valence-electron chi connectivity index (χ3n) is 4.25. The SMILES string of the molecule is CCOC(=O)c1cccc(NC(=O)C(C)Oc2ccc3c(C)cc(=O)oc3c2)c1. The average molecular weight is 395 g/mol. The number of anilines is 1. The second kappa shape index (κ2) is 8.60. The maximum absolute atomic E-state index is 12.5. The van der Waals surface area contributed by atoms with E-state index in [0.717, 1.165) is 10.9 Å². The van der Waals surface area contributed by atoms with Crippen LogP contribution in [-0.4, -0.2) is 24.6 Å². The van der Waals surface area contributed by atoms with E-state index in [4.69, 9.17) is 13.9 Å². The topological polar surface area (TPSA) is 94.8 Å². The highest BCUT2D eigenvalue weighted by Gasteiger charge is 2.16. The molecule has 0 aliphatic carbocycles. The van der Waals surface area contributed by atoms with Crippen LogP contribution in [-0.2, 0) is 9.53 Å². The average Bonchev–Trinajstić information content (AvgIpc) is 2.68. The number of hydrogen-bond acceptors (Lipinski definition) is 6. The van der Waals surface area contributed by atoms with Crippen molar-refractivity contribution < 1.29 is 23.5 Å². The van der Waals surface area contributed by atoms with Crippen molar-refractivity contribution in [1.82, 2.24) is 0 Å². The normalized spacial score (nSPS) is 11.7. The van der Waals surface area contributed by atoms with E-state index in [0.29, 0.717) is 22.6 Å². The highest BCUT2D eigenvalue weighted by molar-refractivity contribution is 5.96. The minimum absolute atomic E-state index is 0.270. The van der Waals surface area contributed by atoms with Gasteiger partial charge in [0.15, 0.2) is 6.10 Å². The summed E-state index contributed by atoms with van der Waals surface area (Å²) in [5.74, 6) is -0.452. The minimum atomic E-state index is -0.824. The number of carbonyl (C=O) groups excluding carboxylic acids is 2. The number of rotatable bonds is 6. The molecule has 1 atom stereocenters. The van der Waals surface area contributed by atoms with Crippen LogP contribution in [0.4, 0.5) is 5.69 Å². The van der Waals surface area contributed by atoms with Gasteiger partial charge in [-0.1, -0.05) is 6.07 Å². The van der Waals surface area contributed by atoms with Crippen molar-refractivity contribution in [2.75, 3.05) is 11.9 Å². The fourth-order valence-electron chi connectivity index (χ4n) is 2.82. The Morgan fingerprint density at radius 2 is 1.93 bits per heavy atom. The van der Waals surface area contributed by atoms with E-state index < -0.39 is 23.6 Å². The third-order valence-corrected chi connectivity index (χ3v) is 4.25. The van der Waals surface area contributed by atoms with Gasteiger partial charge in [-0.15, -0.1) is 0 Å². The molecule has 1 amide bonds. The van der Waals surface area contributed by atoms with E-state index >= 15 is 0 Å². The van der Waals surface area contributed by atoms with Gasteiger partial charge in [0, 0.05) is 23.2 Å². The largest absolute Gasteiger partial charge is 0.481 e. The first kappa shape index (κ1) is 20.1. The molecule has 2 aromatic carbocycles. The van der Waals surface area contributed by atoms with Crippen LogP contribution in [0.25, 0.3) is 11.0 Å². The summed E-state index contributed by atoms with van der Waals surface area (Å²) in [4.78, 5) is 35.9. The molecular formula is C22H21NO6. The molecule has 3 rings (SSSR count). The Balaban J connectivity index is 1.71. The molecular weight excluding hydrogens is 374 g/mol. The van der Waals surface area contributed by atoms with Gasteiger partial charge in [-0.2, -0.15) is 0 Å². The van der Waals surface area contributed by atoms with Crippen molar-refractivity contribution in [3.63, 3.8) is 0 Å². The molecule has 0 fully saturated rings. The lowest BCUT2D eigenvalue weighted by atomic mass is 10.1. The summed E-state index contributed by atoms with van der Waals surface area (Å²) in [7, 11) is 0. The van der Waals surface area contributed by atoms with E-state index in [-0.39, 0.29) is 6.61 Å². The Kier molecular flexibility index (Phi) is 5.97. The van der Waals surface area contributed by atoms with Gasteiger partial charge in [-0.25, -0.2) is 9.59 Å². The second-order valence-corrected chi connectivity index (χ2v) is 6.46. The van der Waals surface area contributed by atoms with Crippen LogP contribution in [0.2, 0.25) is 0 Å². The summed E-state index contributed by atoms with van der Waals surface area (Å²) in [5, 5.41) is 3.51. The van der Waals surface area contributed by atoms with Gasteiger partial charge in [0.1, 0.15) is 11.3 Å². The van der Waals surface area contributed by atoms with Crippen LogP contribution in [0.1, 0.15) is 29.8 Å². The quantitative estimate of drug-likeness (QED) is 0.505. The molecule has 0 aliphatic rings. The molecule has 1 heterocycles. The van der Waals surface area contributed by atoms with Crippen molar-refractivity contribution in [2.45, 2.75) is 26.9 Å². The molecule has 1 unspecified atom stereocenters. The van der Waals surface area contributed by atoms with Crippen LogP contribution in [0.5, 0.6) is 5.75 Å². The number of amides is 1. The number of benzene rings is 2. The fraction of sp³-hybridized carbons (Fsp3) is 0.227. The zero-order valence-corrected chi connectivity index (χ0v) is 16.4. The predicted molar refractivity (Wildman–Crippen MR) is 108 cm³/mol. The molecule has 0 spiro atoms. The van der Waals surface area contributed by atoms with E-state index in [1.54, 1.807) is 50.2 Å². The van der Waals surface area contributed by atoms with E-state index in [1.165, 1.54) is 12.1 Å². The molecule has 0 saturated carbocycles. The van der Waals surface area contributed by atoms with Crippen molar-refractivity contribution in [2.24, 2.45) is 0 Å². The van der Waals surface area contributed by atoms with E-state index in [1.807, 2.05) is 6.92 Å². The van der Waals surface area contributed by atoms with Crippen molar-refractivity contribution in [3.8, 4) is 5.75 Å². The Labute approximate surface area is 167 Å². The molecule has 0 bridgehead atoms. The smallest absolute Gasteiger partial charge is 0.338 e. The van der Waals surface area contributed by atoms with Crippen LogP contribution in [0, 0.1) is 6.92 Å². The van der Waals surface area contributed by atoms with Gasteiger partial charge in [0.05, 0.1) is 12.2 Å². The molecule has 0 aliphatic heterocycles. The molecule has 7 nitrogen and oxygen atoms in total. The number of esters is 1. The van der Waals surface area contributed by atoms with E-state index in [9.17, 15) is 14.4 Å². The Morgan fingerprint density at radius 3 is 2.69 bits per heavy atom. The Bertz CT molecular complexity index is 1120. The van der Waals surface area contributed by atoms with Gasteiger partial charge >= 0.3 is 11.6 Å². The molecule has 0 saturated heterocycles. The van der Waals surface area contributed by atoms with Gasteiger partial charge in [0.2, 0.25) is 0 Å². The number of nitrogens with one attached hydrogen (secondary N) is 1. The van der Waals surface area contributed by atoms with Crippen molar-refractivity contribution in [3.05, 3.63) is 70.1 Å². The molecule has 1 N–H and O–H groups in total. The number of ether oxygens (including phenoxy) is 2. The summed E-state index contributed by atoms with van der Waals surface area (Å²) in [6, 6.07) is 12.9. The van der Waals surface area contributed by atoms with Gasteiger partial charge in [0.25, 0.3) is 5.91 Å². The van der Waals surface area contributed by atoms with Crippen LogP contribution >= 0.6 is 0 Å². The lowest BCUT2D eigenvalue weighted by molar-refractivity contribution is -0.122. The summed E-state index contributed by atoms with van der Waals surface area (Å²) in [6.45, 7) is 5.41. The first-order valence-electron chi connectivity index (χ1n) is 9.16. The number of aryl methyl sites for hydroxylation is 1. The summed E-state index contributed by atoms with van der Waals surface area (Å²) in [6.07, 6.45) is -0.824. The zero-order chi connectivity index (χ0) is 21.0. The Hall–Kier alpha value is -3.61. The lowest BCUT2D eigenvalue weighted by Crippen LogP contribution is -2.30. The highest BCUT2D eigenvalue weighted by atomic mass is 16.5. The van der Waals surface area contributed by atoms with Crippen LogP contribution in [0.15, 0.2) is 57.7 Å². The molecule has 0 radical (unpaired) electrons. The molecule has 29 heavy (non-hydrogen) atoms. The molecule has 1 aromatic heterocycles. The monoisotopic (exact) mass is 395 g/mol. The molecule has 7 heteroatoms. The third kappa shape index (κ3) is 4.82. The zero-order valence-electron chi connectivity index (χ0n) is 16.4. The fourth-order valence-corrected chi connectivity index (χ4v) is 2.82. The lowest BCUT2D eigenvalue weighted by Gasteiger charge is -2.15. The van der Waals surface area contributed by atoms with Crippen LogP contribution in [0.3, 0.4) is 0 Å². The number of carbonyl (C=O) groups is 2.